The van der Waals surface area contributed by atoms with E-state index in [1.165, 1.54) is 23.5 Å². The number of carbonyl (C=O) groups is 2. The molecule has 0 bridgehead atoms. The molecule has 1 heterocycles. The van der Waals surface area contributed by atoms with Crippen LogP contribution < -0.4 is 5.32 Å². The Hall–Kier alpha value is -2.75. The zero-order chi connectivity index (χ0) is 22.4. The summed E-state index contributed by atoms with van der Waals surface area (Å²) in [5, 5.41) is 12.9. The van der Waals surface area contributed by atoms with Gasteiger partial charge in [0.15, 0.2) is 0 Å². The Morgan fingerprint density at radius 1 is 1.10 bits per heavy atom. The number of ether oxygens (including phenoxy) is 1. The molecule has 166 valence electrons. The van der Waals surface area contributed by atoms with Crippen LogP contribution in [0.15, 0.2) is 59.5 Å². The van der Waals surface area contributed by atoms with Crippen molar-refractivity contribution in [2.45, 2.75) is 23.8 Å². The van der Waals surface area contributed by atoms with Crippen molar-refractivity contribution in [3.63, 3.8) is 0 Å². The van der Waals surface area contributed by atoms with Crippen molar-refractivity contribution in [1.82, 2.24) is 9.62 Å². The predicted molar refractivity (Wildman–Crippen MR) is 114 cm³/mol. The van der Waals surface area contributed by atoms with E-state index in [-0.39, 0.29) is 41.9 Å². The Kier molecular flexibility index (Phi) is 7.42. The van der Waals surface area contributed by atoms with Gasteiger partial charge in [-0.2, -0.15) is 4.31 Å². The van der Waals surface area contributed by atoms with Gasteiger partial charge in [0.05, 0.1) is 23.7 Å². The number of sulfonamides is 1. The van der Waals surface area contributed by atoms with Crippen LogP contribution in [0.2, 0.25) is 0 Å². The Labute approximate surface area is 181 Å². The molecule has 0 spiro atoms. The Morgan fingerprint density at radius 3 is 2.35 bits per heavy atom. The highest BCUT2D eigenvalue weighted by Gasteiger charge is 2.34. The number of aliphatic hydroxyl groups is 1. The minimum absolute atomic E-state index is 0.0141. The van der Waals surface area contributed by atoms with Gasteiger partial charge in [-0.15, -0.1) is 0 Å². The summed E-state index contributed by atoms with van der Waals surface area (Å²) in [7, 11) is -2.70. The fourth-order valence-corrected chi connectivity index (χ4v) is 5.25. The molecular weight excluding hydrogens is 420 g/mol. The fraction of sp³-hybridized carbons (Fsp3) is 0.364. The topological polar surface area (TPSA) is 113 Å². The minimum atomic E-state index is -3.90. The van der Waals surface area contributed by atoms with Gasteiger partial charge >= 0.3 is 5.97 Å². The second-order valence-corrected chi connectivity index (χ2v) is 9.24. The quantitative estimate of drug-likeness (QED) is 0.627. The number of methoxy groups -OCH3 is 1. The number of nitrogens with zero attached hydrogens (tertiary/aromatic N) is 1. The van der Waals surface area contributed by atoms with Gasteiger partial charge in [0.2, 0.25) is 15.9 Å². The van der Waals surface area contributed by atoms with Crippen molar-refractivity contribution in [2.75, 3.05) is 26.7 Å². The van der Waals surface area contributed by atoms with Gasteiger partial charge in [-0.3, -0.25) is 4.79 Å². The van der Waals surface area contributed by atoms with E-state index in [9.17, 15) is 23.1 Å². The molecule has 1 fully saturated rings. The lowest BCUT2D eigenvalue weighted by Crippen LogP contribution is -2.43. The summed E-state index contributed by atoms with van der Waals surface area (Å²) in [6.07, 6.45) is -0.0970. The van der Waals surface area contributed by atoms with Crippen LogP contribution in [0.25, 0.3) is 0 Å². The van der Waals surface area contributed by atoms with Crippen LogP contribution in [0.3, 0.4) is 0 Å². The highest BCUT2D eigenvalue weighted by Crippen LogP contribution is 2.26. The molecule has 0 radical (unpaired) electrons. The molecule has 3 rings (SSSR count). The monoisotopic (exact) mass is 446 g/mol. The van der Waals surface area contributed by atoms with Crippen LogP contribution in [-0.4, -0.2) is 56.5 Å². The Morgan fingerprint density at radius 2 is 1.71 bits per heavy atom. The summed E-state index contributed by atoms with van der Waals surface area (Å²) in [6, 6.07) is 15.0. The molecule has 8 nitrogen and oxygen atoms in total. The average molecular weight is 447 g/mol. The maximum Gasteiger partial charge on any atom is 0.339 e. The molecule has 1 atom stereocenters. The molecule has 1 aliphatic heterocycles. The van der Waals surface area contributed by atoms with Crippen molar-refractivity contribution in [1.29, 1.82) is 0 Å². The molecule has 0 saturated carbocycles. The second kappa shape index (κ2) is 10.0. The van der Waals surface area contributed by atoms with Crippen LogP contribution in [0.5, 0.6) is 0 Å². The molecule has 2 aromatic carbocycles. The summed E-state index contributed by atoms with van der Waals surface area (Å²) < 4.78 is 32.1. The number of esters is 1. The van der Waals surface area contributed by atoms with E-state index in [0.717, 1.165) is 0 Å². The molecule has 9 heteroatoms. The number of aliphatic hydroxyl groups excluding tert-OH is 1. The molecule has 1 unspecified atom stereocenters. The lowest BCUT2D eigenvalue weighted by atomic mass is 9.97. The number of hydrogen-bond acceptors (Lipinski definition) is 6. The normalized spacial score (nSPS) is 16.5. The number of carbonyl (C=O) groups excluding carboxylic acids is 2. The first-order chi connectivity index (χ1) is 14.8. The van der Waals surface area contributed by atoms with Crippen LogP contribution in [-0.2, 0) is 19.6 Å². The van der Waals surface area contributed by atoms with Crippen molar-refractivity contribution in [3.8, 4) is 0 Å². The molecular formula is C22H26N2O6S. The highest BCUT2D eigenvalue weighted by atomic mass is 32.2. The summed E-state index contributed by atoms with van der Waals surface area (Å²) in [5.41, 5.74) is 0.702. The molecule has 0 aliphatic carbocycles. The van der Waals surface area contributed by atoms with Gasteiger partial charge in [-0.1, -0.05) is 42.5 Å². The molecule has 1 amide bonds. The highest BCUT2D eigenvalue weighted by molar-refractivity contribution is 7.89. The van der Waals surface area contributed by atoms with Crippen LogP contribution in [0.1, 0.15) is 34.9 Å². The lowest BCUT2D eigenvalue weighted by molar-refractivity contribution is -0.126. The molecule has 2 N–H and O–H groups in total. The van der Waals surface area contributed by atoms with Gasteiger partial charge in [0.1, 0.15) is 0 Å². The predicted octanol–water partition coefficient (Wildman–Crippen LogP) is 1.72. The average Bonchev–Trinajstić information content (AvgIpc) is 2.82. The zero-order valence-corrected chi connectivity index (χ0v) is 18.0. The third-order valence-corrected chi connectivity index (χ3v) is 7.35. The number of hydrogen-bond donors (Lipinski definition) is 2. The summed E-state index contributed by atoms with van der Waals surface area (Å²) in [5.74, 6) is -1.27. The van der Waals surface area contributed by atoms with Gasteiger partial charge < -0.3 is 15.2 Å². The van der Waals surface area contributed by atoms with Crippen molar-refractivity contribution in [3.05, 3.63) is 65.7 Å². The molecule has 0 aromatic heterocycles. The van der Waals surface area contributed by atoms with E-state index in [1.807, 2.05) is 18.2 Å². The zero-order valence-electron chi connectivity index (χ0n) is 17.2. The maximum absolute atomic E-state index is 13.1. The first-order valence-corrected chi connectivity index (χ1v) is 11.5. The van der Waals surface area contributed by atoms with Gasteiger partial charge in [0.25, 0.3) is 0 Å². The summed E-state index contributed by atoms with van der Waals surface area (Å²) in [6.45, 7) is 0.419. The van der Waals surface area contributed by atoms with Gasteiger partial charge in [0, 0.05) is 25.6 Å². The van der Waals surface area contributed by atoms with E-state index < -0.39 is 22.1 Å². The fourth-order valence-electron chi connectivity index (χ4n) is 3.60. The van der Waals surface area contributed by atoms with Crippen molar-refractivity contribution in [2.24, 2.45) is 5.92 Å². The number of amides is 1. The third-order valence-electron chi connectivity index (χ3n) is 5.39. The molecule has 1 aliphatic rings. The largest absolute Gasteiger partial charge is 0.465 e. The maximum atomic E-state index is 13.1. The van der Waals surface area contributed by atoms with E-state index in [4.69, 9.17) is 4.74 Å². The van der Waals surface area contributed by atoms with E-state index in [2.05, 4.69) is 5.32 Å². The number of rotatable bonds is 7. The van der Waals surface area contributed by atoms with Crippen LogP contribution >= 0.6 is 0 Å². The Bertz CT molecular complexity index is 1020. The summed E-state index contributed by atoms with van der Waals surface area (Å²) in [4.78, 5) is 24.3. The minimum Gasteiger partial charge on any atom is -0.465 e. The van der Waals surface area contributed by atoms with E-state index in [0.29, 0.717) is 18.4 Å². The van der Waals surface area contributed by atoms with Gasteiger partial charge in [-0.25, -0.2) is 13.2 Å². The lowest BCUT2D eigenvalue weighted by Gasteiger charge is -2.31. The second-order valence-electron chi connectivity index (χ2n) is 7.34. The molecule has 2 aromatic rings. The Balaban J connectivity index is 1.59. The van der Waals surface area contributed by atoms with E-state index >= 15 is 0 Å². The summed E-state index contributed by atoms with van der Waals surface area (Å²) >= 11 is 0. The van der Waals surface area contributed by atoms with E-state index in [1.54, 1.807) is 24.3 Å². The standard InChI is InChI=1S/C22H26N2O6S/c1-30-22(27)18-9-5-6-10-20(18)31(28,29)24-13-11-17(12-14-24)21(26)23-15-19(25)16-7-3-2-4-8-16/h2-10,17,19,25H,11-15H2,1H3,(H,23,26). The van der Waals surface area contributed by atoms with Crippen LogP contribution in [0.4, 0.5) is 0 Å². The number of piperidine rings is 1. The SMILES string of the molecule is COC(=O)c1ccccc1S(=O)(=O)N1CCC(C(=O)NCC(O)c2ccccc2)CC1. The van der Waals surface area contributed by atoms with Crippen LogP contribution in [0, 0.1) is 5.92 Å². The number of benzene rings is 2. The first kappa shape index (κ1) is 22.9. The van der Waals surface area contributed by atoms with Crippen molar-refractivity contribution < 1.29 is 27.9 Å². The number of nitrogens with one attached hydrogen (secondary N) is 1. The van der Waals surface area contributed by atoms with Gasteiger partial charge in [-0.05, 0) is 30.5 Å². The first-order valence-electron chi connectivity index (χ1n) is 10.0. The molecule has 1 saturated heterocycles. The van der Waals surface area contributed by atoms with Crippen molar-refractivity contribution >= 4 is 21.9 Å². The molecule has 31 heavy (non-hydrogen) atoms. The smallest absolute Gasteiger partial charge is 0.339 e. The third kappa shape index (κ3) is 5.30.